The van der Waals surface area contributed by atoms with E-state index in [9.17, 15) is 9.18 Å². The van der Waals surface area contributed by atoms with Crippen molar-refractivity contribution in [3.05, 3.63) is 53.7 Å². The van der Waals surface area contributed by atoms with Crippen LogP contribution < -0.4 is 10.6 Å². The summed E-state index contributed by atoms with van der Waals surface area (Å²) in [6.45, 7) is 1.64. The fourth-order valence-corrected chi connectivity index (χ4v) is 2.07. The van der Waals surface area contributed by atoms with Crippen LogP contribution in [-0.4, -0.2) is 42.7 Å². The molecule has 0 saturated heterocycles. The van der Waals surface area contributed by atoms with Gasteiger partial charge in [-0.1, -0.05) is 18.2 Å². The Bertz CT molecular complexity index is 649. The van der Waals surface area contributed by atoms with Crippen LogP contribution in [0.25, 0.3) is 0 Å². The molecule has 1 aromatic heterocycles. The first kappa shape index (κ1) is 17.8. The number of ether oxygens (including phenoxy) is 1. The van der Waals surface area contributed by atoms with Gasteiger partial charge in [0.25, 0.3) is 5.91 Å². The zero-order valence-corrected chi connectivity index (χ0v) is 13.6. The molecule has 24 heavy (non-hydrogen) atoms. The van der Waals surface area contributed by atoms with Crippen LogP contribution in [0.4, 0.5) is 10.2 Å². The fourth-order valence-electron chi connectivity index (χ4n) is 2.07. The molecule has 1 aromatic carbocycles. The lowest BCUT2D eigenvalue weighted by Gasteiger charge is -2.07. The SMILES string of the molecule is COCCCNC(=O)c1cnc(NCCc2ccccc2F)cn1. The van der Waals surface area contributed by atoms with Gasteiger partial charge >= 0.3 is 0 Å². The number of hydrogen-bond acceptors (Lipinski definition) is 5. The van der Waals surface area contributed by atoms with E-state index in [0.29, 0.717) is 37.5 Å². The quantitative estimate of drug-likeness (QED) is 0.687. The maximum absolute atomic E-state index is 13.5. The van der Waals surface area contributed by atoms with Crippen molar-refractivity contribution in [3.63, 3.8) is 0 Å². The number of methoxy groups -OCH3 is 1. The largest absolute Gasteiger partial charge is 0.385 e. The maximum Gasteiger partial charge on any atom is 0.271 e. The van der Waals surface area contributed by atoms with E-state index in [0.717, 1.165) is 6.42 Å². The minimum atomic E-state index is -0.267. The highest BCUT2D eigenvalue weighted by atomic mass is 19.1. The van der Waals surface area contributed by atoms with Crippen molar-refractivity contribution in [3.8, 4) is 0 Å². The van der Waals surface area contributed by atoms with Crippen molar-refractivity contribution in [2.75, 3.05) is 32.1 Å². The van der Waals surface area contributed by atoms with E-state index in [1.54, 1.807) is 25.3 Å². The van der Waals surface area contributed by atoms with E-state index < -0.39 is 0 Å². The predicted molar refractivity (Wildman–Crippen MR) is 89.5 cm³/mol. The number of carbonyl (C=O) groups is 1. The summed E-state index contributed by atoms with van der Waals surface area (Å²) in [6, 6.07) is 6.66. The summed E-state index contributed by atoms with van der Waals surface area (Å²) in [6.07, 6.45) is 4.18. The third-order valence-corrected chi connectivity index (χ3v) is 3.35. The molecule has 7 heteroatoms. The van der Waals surface area contributed by atoms with Gasteiger partial charge in [-0.05, 0) is 24.5 Å². The second-order valence-electron chi connectivity index (χ2n) is 5.16. The lowest BCUT2D eigenvalue weighted by molar-refractivity contribution is 0.0943. The van der Waals surface area contributed by atoms with E-state index in [4.69, 9.17) is 4.74 Å². The van der Waals surface area contributed by atoms with Gasteiger partial charge in [-0.2, -0.15) is 0 Å². The molecule has 2 rings (SSSR count). The van der Waals surface area contributed by atoms with Crippen molar-refractivity contribution >= 4 is 11.7 Å². The van der Waals surface area contributed by atoms with Gasteiger partial charge in [-0.3, -0.25) is 4.79 Å². The summed E-state index contributed by atoms with van der Waals surface area (Å²) in [5.41, 5.74) is 0.900. The molecule has 0 unspecified atom stereocenters. The summed E-state index contributed by atoms with van der Waals surface area (Å²) < 4.78 is 18.4. The average Bonchev–Trinajstić information content (AvgIpc) is 2.61. The summed E-state index contributed by atoms with van der Waals surface area (Å²) >= 11 is 0. The molecule has 1 heterocycles. The number of nitrogens with zero attached hydrogens (tertiary/aromatic N) is 2. The van der Waals surface area contributed by atoms with Crippen LogP contribution in [0.1, 0.15) is 22.5 Å². The molecule has 0 bridgehead atoms. The monoisotopic (exact) mass is 332 g/mol. The molecule has 0 atom stereocenters. The van der Waals surface area contributed by atoms with Crippen molar-refractivity contribution in [2.24, 2.45) is 0 Å². The van der Waals surface area contributed by atoms with Gasteiger partial charge in [0, 0.05) is 26.8 Å². The molecule has 0 saturated carbocycles. The highest BCUT2D eigenvalue weighted by Gasteiger charge is 2.07. The first-order valence-electron chi connectivity index (χ1n) is 7.77. The van der Waals surface area contributed by atoms with Crippen LogP contribution in [-0.2, 0) is 11.2 Å². The fraction of sp³-hybridized carbons (Fsp3) is 0.353. The third kappa shape index (κ3) is 5.58. The minimum Gasteiger partial charge on any atom is -0.385 e. The van der Waals surface area contributed by atoms with E-state index in [-0.39, 0.29) is 17.4 Å². The number of aromatic nitrogens is 2. The van der Waals surface area contributed by atoms with Gasteiger partial charge in [0.15, 0.2) is 0 Å². The first-order chi connectivity index (χ1) is 11.7. The van der Waals surface area contributed by atoms with Gasteiger partial charge in [-0.25, -0.2) is 14.4 Å². The molecule has 1 amide bonds. The van der Waals surface area contributed by atoms with E-state index in [1.807, 2.05) is 0 Å². The highest BCUT2D eigenvalue weighted by molar-refractivity contribution is 5.91. The molecule has 0 spiro atoms. The van der Waals surface area contributed by atoms with Crippen molar-refractivity contribution in [2.45, 2.75) is 12.8 Å². The minimum absolute atomic E-state index is 0.217. The number of nitrogens with one attached hydrogen (secondary N) is 2. The summed E-state index contributed by atoms with van der Waals surface area (Å²) in [7, 11) is 1.62. The second kappa shape index (κ2) is 9.57. The molecule has 0 aliphatic rings. The van der Waals surface area contributed by atoms with Crippen molar-refractivity contribution in [1.29, 1.82) is 0 Å². The molecule has 0 aliphatic heterocycles. The topological polar surface area (TPSA) is 76.1 Å². The van der Waals surface area contributed by atoms with Crippen molar-refractivity contribution in [1.82, 2.24) is 15.3 Å². The van der Waals surface area contributed by atoms with Crippen LogP contribution >= 0.6 is 0 Å². The van der Waals surface area contributed by atoms with Crippen LogP contribution in [0.15, 0.2) is 36.7 Å². The standard InChI is InChI=1S/C17H21FN4O2/c1-24-10-4-8-20-17(23)15-11-22-16(12-21-15)19-9-7-13-5-2-3-6-14(13)18/h2-3,5-6,11-12H,4,7-10H2,1H3,(H,19,22)(H,20,23). The number of halogens is 1. The molecule has 6 nitrogen and oxygen atoms in total. The summed E-state index contributed by atoms with van der Waals surface area (Å²) in [5, 5.41) is 5.80. The number of carbonyl (C=O) groups excluding carboxylic acids is 1. The summed E-state index contributed by atoms with van der Waals surface area (Å²) in [4.78, 5) is 20.1. The normalized spacial score (nSPS) is 10.4. The van der Waals surface area contributed by atoms with Crippen LogP contribution in [0.3, 0.4) is 0 Å². The smallest absolute Gasteiger partial charge is 0.271 e. The van der Waals surface area contributed by atoms with Gasteiger partial charge < -0.3 is 15.4 Å². The molecule has 0 aliphatic carbocycles. The van der Waals surface area contributed by atoms with Crippen molar-refractivity contribution < 1.29 is 13.9 Å². The zero-order valence-electron chi connectivity index (χ0n) is 13.6. The number of rotatable bonds is 9. The Morgan fingerprint density at radius 3 is 2.75 bits per heavy atom. The number of amides is 1. The van der Waals surface area contributed by atoms with Gasteiger partial charge in [0.2, 0.25) is 0 Å². The highest BCUT2D eigenvalue weighted by Crippen LogP contribution is 2.08. The Hall–Kier alpha value is -2.54. The third-order valence-electron chi connectivity index (χ3n) is 3.35. The second-order valence-corrected chi connectivity index (χ2v) is 5.16. The molecule has 0 fully saturated rings. The number of benzene rings is 1. The maximum atomic E-state index is 13.5. The number of hydrogen-bond donors (Lipinski definition) is 2. The van der Waals surface area contributed by atoms with Gasteiger partial charge in [-0.15, -0.1) is 0 Å². The Kier molecular flexibility index (Phi) is 7.10. The van der Waals surface area contributed by atoms with E-state index in [2.05, 4.69) is 20.6 Å². The first-order valence-corrected chi connectivity index (χ1v) is 7.77. The lowest BCUT2D eigenvalue weighted by atomic mass is 10.1. The van der Waals surface area contributed by atoms with Crippen LogP contribution in [0, 0.1) is 5.82 Å². The zero-order chi connectivity index (χ0) is 17.2. The van der Waals surface area contributed by atoms with Gasteiger partial charge in [0.1, 0.15) is 17.3 Å². The average molecular weight is 332 g/mol. The molecular formula is C17H21FN4O2. The molecule has 128 valence electrons. The Morgan fingerprint density at radius 1 is 1.21 bits per heavy atom. The lowest BCUT2D eigenvalue weighted by Crippen LogP contribution is -2.26. The number of anilines is 1. The Balaban J connectivity index is 1.77. The van der Waals surface area contributed by atoms with E-state index >= 15 is 0 Å². The Labute approximate surface area is 140 Å². The molecule has 0 radical (unpaired) electrons. The molecule has 2 N–H and O–H groups in total. The molecule has 2 aromatic rings. The predicted octanol–water partition coefficient (Wildman–Crippen LogP) is 2.04. The Morgan fingerprint density at radius 2 is 2.04 bits per heavy atom. The van der Waals surface area contributed by atoms with Crippen LogP contribution in [0.2, 0.25) is 0 Å². The summed E-state index contributed by atoms with van der Waals surface area (Å²) in [5.74, 6) is 0.0599. The van der Waals surface area contributed by atoms with Gasteiger partial charge in [0.05, 0.1) is 12.4 Å². The van der Waals surface area contributed by atoms with Crippen LogP contribution in [0.5, 0.6) is 0 Å². The van der Waals surface area contributed by atoms with E-state index in [1.165, 1.54) is 18.5 Å². The molecular weight excluding hydrogens is 311 g/mol.